The average molecular weight is 224 g/mol. The van der Waals surface area contributed by atoms with Crippen LogP contribution in [0.2, 0.25) is 0 Å². The normalized spacial score (nSPS) is 17.3. The predicted octanol–water partition coefficient (Wildman–Crippen LogP) is 1.37. The molecule has 0 amide bonds. The summed E-state index contributed by atoms with van der Waals surface area (Å²) in [5.74, 6) is 0. The van der Waals surface area contributed by atoms with Crippen LogP contribution in [0.15, 0.2) is 28.0 Å². The first-order valence-electron chi connectivity index (χ1n) is 4.73. The van der Waals surface area contributed by atoms with Crippen LogP contribution < -0.4 is 0 Å². The third-order valence-electron chi connectivity index (χ3n) is 2.55. The van der Waals surface area contributed by atoms with Crippen molar-refractivity contribution in [1.82, 2.24) is 0 Å². The number of allylic oxidation sites excluding steroid dienone is 1. The zero-order valence-electron chi connectivity index (χ0n) is 8.40. The van der Waals surface area contributed by atoms with Crippen LogP contribution in [0, 0.1) is 0 Å². The number of sulfone groups is 1. The van der Waals surface area contributed by atoms with Gasteiger partial charge in [0.15, 0.2) is 0 Å². The van der Waals surface area contributed by atoms with E-state index in [0.717, 1.165) is 11.1 Å². The SMILES string of the molecule is CC1=Cc2cc(CCO)ccc2S1(=O)=O. The van der Waals surface area contributed by atoms with Gasteiger partial charge in [0, 0.05) is 11.5 Å². The van der Waals surface area contributed by atoms with Crippen LogP contribution in [-0.4, -0.2) is 20.1 Å². The fourth-order valence-corrected chi connectivity index (χ4v) is 3.01. The van der Waals surface area contributed by atoms with E-state index in [1.54, 1.807) is 25.1 Å². The summed E-state index contributed by atoms with van der Waals surface area (Å²) < 4.78 is 23.5. The fraction of sp³-hybridized carbons (Fsp3) is 0.273. The van der Waals surface area contributed by atoms with Gasteiger partial charge in [0.05, 0.1) is 4.90 Å². The van der Waals surface area contributed by atoms with Crippen LogP contribution in [0.3, 0.4) is 0 Å². The smallest absolute Gasteiger partial charge is 0.203 e. The second kappa shape index (κ2) is 3.47. The number of hydrogen-bond donors (Lipinski definition) is 1. The maximum absolute atomic E-state index is 11.7. The summed E-state index contributed by atoms with van der Waals surface area (Å²) in [6.45, 7) is 1.68. The Kier molecular flexibility index (Phi) is 2.40. The summed E-state index contributed by atoms with van der Waals surface area (Å²) in [4.78, 5) is 0.764. The van der Waals surface area contributed by atoms with E-state index in [0.29, 0.717) is 16.2 Å². The molecular formula is C11H12O3S. The number of fused-ring (bicyclic) bond motifs is 1. The lowest BCUT2D eigenvalue weighted by atomic mass is 10.1. The van der Waals surface area contributed by atoms with Gasteiger partial charge in [-0.1, -0.05) is 12.1 Å². The molecule has 3 nitrogen and oxygen atoms in total. The minimum atomic E-state index is -3.22. The molecule has 1 aromatic carbocycles. The van der Waals surface area contributed by atoms with Gasteiger partial charge in [0.25, 0.3) is 0 Å². The van der Waals surface area contributed by atoms with Gasteiger partial charge in [-0.25, -0.2) is 8.42 Å². The van der Waals surface area contributed by atoms with Gasteiger partial charge in [0.1, 0.15) is 0 Å². The number of benzene rings is 1. The van der Waals surface area contributed by atoms with E-state index in [9.17, 15) is 8.42 Å². The second-order valence-corrected chi connectivity index (χ2v) is 5.69. The highest BCUT2D eigenvalue weighted by molar-refractivity contribution is 7.95. The van der Waals surface area contributed by atoms with Crippen molar-refractivity contribution in [3.8, 4) is 0 Å². The molecule has 80 valence electrons. The third kappa shape index (κ3) is 1.60. The maximum Gasteiger partial charge on any atom is 0.203 e. The standard InChI is InChI=1S/C11H12O3S/c1-8-6-10-7-9(4-5-12)2-3-11(10)15(8,13)14/h2-3,6-7,12H,4-5H2,1H3. The Labute approximate surface area is 89.0 Å². The Balaban J connectivity index is 2.54. The predicted molar refractivity (Wildman–Crippen MR) is 58.1 cm³/mol. The van der Waals surface area contributed by atoms with Gasteiger partial charge in [-0.2, -0.15) is 0 Å². The van der Waals surface area contributed by atoms with Gasteiger partial charge < -0.3 is 5.11 Å². The molecule has 15 heavy (non-hydrogen) atoms. The Morgan fingerprint density at radius 3 is 2.73 bits per heavy atom. The summed E-state index contributed by atoms with van der Waals surface area (Å²) in [5, 5.41) is 8.79. The lowest BCUT2D eigenvalue weighted by molar-refractivity contribution is 0.299. The molecule has 1 aliphatic rings. The Hall–Kier alpha value is -1.13. The van der Waals surface area contributed by atoms with Crippen LogP contribution in [0.25, 0.3) is 6.08 Å². The van der Waals surface area contributed by atoms with Crippen molar-refractivity contribution in [2.45, 2.75) is 18.2 Å². The average Bonchev–Trinajstić information content (AvgIpc) is 2.38. The topological polar surface area (TPSA) is 54.4 Å². The van der Waals surface area contributed by atoms with E-state index in [-0.39, 0.29) is 6.61 Å². The molecule has 0 atom stereocenters. The molecule has 0 unspecified atom stereocenters. The summed E-state index contributed by atoms with van der Waals surface area (Å²) in [6.07, 6.45) is 2.23. The third-order valence-corrected chi connectivity index (χ3v) is 4.46. The van der Waals surface area contributed by atoms with Crippen LogP contribution in [0.1, 0.15) is 18.1 Å². The van der Waals surface area contributed by atoms with E-state index in [4.69, 9.17) is 5.11 Å². The number of hydrogen-bond acceptors (Lipinski definition) is 3. The van der Waals surface area contributed by atoms with Gasteiger partial charge in [-0.3, -0.25) is 0 Å². The van der Waals surface area contributed by atoms with Crippen molar-refractivity contribution in [1.29, 1.82) is 0 Å². The molecule has 1 N–H and O–H groups in total. The molecule has 2 rings (SSSR count). The van der Waals surface area contributed by atoms with E-state index in [1.165, 1.54) is 0 Å². The Morgan fingerprint density at radius 1 is 1.33 bits per heavy atom. The van der Waals surface area contributed by atoms with E-state index < -0.39 is 9.84 Å². The highest BCUT2D eigenvalue weighted by Crippen LogP contribution is 2.32. The van der Waals surface area contributed by atoms with Crippen LogP contribution in [0.4, 0.5) is 0 Å². The van der Waals surface area contributed by atoms with E-state index in [2.05, 4.69) is 0 Å². The molecule has 0 aromatic heterocycles. The molecule has 0 bridgehead atoms. The largest absolute Gasteiger partial charge is 0.396 e. The second-order valence-electron chi connectivity index (χ2n) is 3.60. The lowest BCUT2D eigenvalue weighted by Crippen LogP contribution is -1.98. The first-order chi connectivity index (χ1) is 7.05. The first kappa shape index (κ1) is 10.4. The van der Waals surface area contributed by atoms with Crippen molar-refractivity contribution in [3.05, 3.63) is 34.2 Å². The summed E-state index contributed by atoms with van der Waals surface area (Å²) in [5.41, 5.74) is 1.69. The zero-order chi connectivity index (χ0) is 11.1. The van der Waals surface area contributed by atoms with Gasteiger partial charge in [-0.05, 0) is 36.6 Å². The van der Waals surface area contributed by atoms with Crippen molar-refractivity contribution in [3.63, 3.8) is 0 Å². The van der Waals surface area contributed by atoms with Gasteiger partial charge >= 0.3 is 0 Å². The Bertz CT molecular complexity index is 527. The number of aliphatic hydroxyl groups excluding tert-OH is 1. The molecule has 1 heterocycles. The zero-order valence-corrected chi connectivity index (χ0v) is 9.21. The minimum absolute atomic E-state index is 0.0776. The summed E-state index contributed by atoms with van der Waals surface area (Å²) in [7, 11) is -3.22. The van der Waals surface area contributed by atoms with E-state index >= 15 is 0 Å². The Morgan fingerprint density at radius 2 is 2.07 bits per heavy atom. The molecule has 0 saturated carbocycles. The molecule has 0 saturated heterocycles. The van der Waals surface area contributed by atoms with Gasteiger partial charge in [-0.15, -0.1) is 0 Å². The van der Waals surface area contributed by atoms with Crippen molar-refractivity contribution < 1.29 is 13.5 Å². The molecule has 1 aliphatic heterocycles. The molecular weight excluding hydrogens is 212 g/mol. The molecule has 4 heteroatoms. The molecule has 0 radical (unpaired) electrons. The molecule has 0 fully saturated rings. The highest BCUT2D eigenvalue weighted by Gasteiger charge is 2.26. The van der Waals surface area contributed by atoms with Gasteiger partial charge in [0.2, 0.25) is 9.84 Å². The van der Waals surface area contributed by atoms with Crippen molar-refractivity contribution >= 4 is 15.9 Å². The molecule has 0 aliphatic carbocycles. The molecule has 0 spiro atoms. The number of rotatable bonds is 2. The van der Waals surface area contributed by atoms with Crippen molar-refractivity contribution in [2.75, 3.05) is 6.61 Å². The molecule has 1 aromatic rings. The van der Waals surface area contributed by atoms with E-state index in [1.807, 2.05) is 6.07 Å². The van der Waals surface area contributed by atoms with Crippen molar-refractivity contribution in [2.24, 2.45) is 0 Å². The monoisotopic (exact) mass is 224 g/mol. The summed E-state index contributed by atoms with van der Waals surface area (Å²) >= 11 is 0. The lowest BCUT2D eigenvalue weighted by Gasteiger charge is -2.02. The maximum atomic E-state index is 11.7. The first-order valence-corrected chi connectivity index (χ1v) is 6.21. The summed E-state index contributed by atoms with van der Waals surface area (Å²) in [6, 6.07) is 5.18. The number of aliphatic hydroxyl groups is 1. The minimum Gasteiger partial charge on any atom is -0.396 e. The van der Waals surface area contributed by atoms with Crippen LogP contribution >= 0.6 is 0 Å². The van der Waals surface area contributed by atoms with Crippen LogP contribution in [-0.2, 0) is 16.3 Å². The highest BCUT2D eigenvalue weighted by atomic mass is 32.2. The quantitative estimate of drug-likeness (QED) is 0.825. The fourth-order valence-electron chi connectivity index (χ4n) is 1.71. The van der Waals surface area contributed by atoms with Crippen LogP contribution in [0.5, 0.6) is 0 Å².